The summed E-state index contributed by atoms with van der Waals surface area (Å²) >= 11 is 3.52. The number of amides is 1. The van der Waals surface area contributed by atoms with E-state index in [0.717, 1.165) is 32.6 Å². The molecule has 33 heavy (non-hydrogen) atoms. The van der Waals surface area contributed by atoms with Crippen molar-refractivity contribution in [3.63, 3.8) is 0 Å². The molecule has 0 atom stereocenters. The molecule has 0 spiro atoms. The monoisotopic (exact) mass is 504 g/mol. The van der Waals surface area contributed by atoms with Gasteiger partial charge in [0.1, 0.15) is 24.7 Å². The quantitative estimate of drug-likeness (QED) is 0.279. The number of hydrazone groups is 1. The fourth-order valence-corrected chi connectivity index (χ4v) is 4.05. The van der Waals surface area contributed by atoms with Gasteiger partial charge in [-0.2, -0.15) is 10.1 Å². The van der Waals surface area contributed by atoms with Gasteiger partial charge in [-0.25, -0.2) is 0 Å². The minimum Gasteiger partial charge on any atom is -0.490 e. The Kier molecular flexibility index (Phi) is 6.94. The van der Waals surface area contributed by atoms with Crippen molar-refractivity contribution < 1.29 is 14.3 Å². The lowest BCUT2D eigenvalue weighted by molar-refractivity contribution is -0.114. The molecule has 168 valence electrons. The largest absolute Gasteiger partial charge is 0.490 e. The Hall–Kier alpha value is -3.38. The number of rotatable bonds is 7. The van der Waals surface area contributed by atoms with Crippen LogP contribution in [-0.2, 0) is 4.79 Å². The number of para-hydroxylation sites is 1. The average Bonchev–Trinajstić information content (AvgIpc) is 3.06. The minimum absolute atomic E-state index is 0.164. The summed E-state index contributed by atoms with van der Waals surface area (Å²) in [7, 11) is 0. The average molecular weight is 505 g/mol. The molecule has 0 saturated heterocycles. The molecule has 6 heteroatoms. The van der Waals surface area contributed by atoms with Crippen LogP contribution in [0.15, 0.2) is 81.9 Å². The zero-order chi connectivity index (χ0) is 23.4. The van der Waals surface area contributed by atoms with Gasteiger partial charge in [0.05, 0.1) is 17.0 Å². The Balaban J connectivity index is 1.48. The maximum Gasteiger partial charge on any atom is 0.280 e. The van der Waals surface area contributed by atoms with Gasteiger partial charge >= 0.3 is 0 Å². The van der Waals surface area contributed by atoms with Gasteiger partial charge < -0.3 is 9.47 Å². The van der Waals surface area contributed by atoms with E-state index in [2.05, 4.69) is 27.1 Å². The molecule has 0 aliphatic carbocycles. The molecule has 1 aliphatic heterocycles. The van der Waals surface area contributed by atoms with Crippen LogP contribution in [0, 0.1) is 13.8 Å². The molecule has 0 bridgehead atoms. The normalized spacial score (nSPS) is 14.5. The first-order valence-corrected chi connectivity index (χ1v) is 11.5. The van der Waals surface area contributed by atoms with E-state index < -0.39 is 0 Å². The van der Waals surface area contributed by atoms with Gasteiger partial charge in [0, 0.05) is 10.0 Å². The number of carbonyl (C=O) groups is 1. The predicted octanol–water partition coefficient (Wildman–Crippen LogP) is 6.33. The van der Waals surface area contributed by atoms with Gasteiger partial charge in [0.15, 0.2) is 0 Å². The van der Waals surface area contributed by atoms with E-state index in [1.165, 1.54) is 5.01 Å². The van der Waals surface area contributed by atoms with E-state index in [4.69, 9.17) is 9.47 Å². The van der Waals surface area contributed by atoms with Gasteiger partial charge in [0.25, 0.3) is 5.91 Å². The molecule has 0 unspecified atom stereocenters. The van der Waals surface area contributed by atoms with E-state index in [-0.39, 0.29) is 5.91 Å². The Labute approximate surface area is 202 Å². The second-order valence-corrected chi connectivity index (χ2v) is 8.81. The third kappa shape index (κ3) is 5.52. The van der Waals surface area contributed by atoms with Crippen LogP contribution in [0.25, 0.3) is 6.08 Å². The van der Waals surface area contributed by atoms with Crippen molar-refractivity contribution in [3.8, 4) is 11.5 Å². The number of carbonyl (C=O) groups excluding carboxylic acids is 1. The SMILES string of the molecule is CC1=NN(c2ccccc2)C(=O)C1=Cc1cc(Br)ccc1OCCOc1cc(C)cc(C)c1. The maximum atomic E-state index is 13.1. The van der Waals surface area contributed by atoms with Crippen molar-refractivity contribution in [1.29, 1.82) is 0 Å². The predicted molar refractivity (Wildman–Crippen MR) is 136 cm³/mol. The second kappa shape index (κ2) is 10.0. The highest BCUT2D eigenvalue weighted by Crippen LogP contribution is 2.29. The van der Waals surface area contributed by atoms with Crippen LogP contribution in [-0.4, -0.2) is 24.8 Å². The van der Waals surface area contributed by atoms with Crippen LogP contribution >= 0.6 is 15.9 Å². The lowest BCUT2D eigenvalue weighted by Gasteiger charge is -2.13. The van der Waals surface area contributed by atoms with E-state index >= 15 is 0 Å². The van der Waals surface area contributed by atoms with Crippen molar-refractivity contribution in [2.24, 2.45) is 5.10 Å². The van der Waals surface area contributed by atoms with Crippen LogP contribution in [0.3, 0.4) is 0 Å². The molecule has 0 fully saturated rings. The summed E-state index contributed by atoms with van der Waals surface area (Å²) in [5.74, 6) is 1.34. The van der Waals surface area contributed by atoms with Crippen molar-refractivity contribution in [2.45, 2.75) is 20.8 Å². The lowest BCUT2D eigenvalue weighted by Crippen LogP contribution is -2.21. The Morgan fingerprint density at radius 3 is 2.33 bits per heavy atom. The molecule has 3 aromatic carbocycles. The summed E-state index contributed by atoms with van der Waals surface area (Å²) < 4.78 is 12.8. The number of hydrogen-bond acceptors (Lipinski definition) is 4. The van der Waals surface area contributed by atoms with Crippen molar-refractivity contribution in [3.05, 3.63) is 93.5 Å². The van der Waals surface area contributed by atoms with E-state index in [1.54, 1.807) is 0 Å². The number of hydrogen-bond donors (Lipinski definition) is 0. The molecule has 0 N–H and O–H groups in total. The highest BCUT2D eigenvalue weighted by atomic mass is 79.9. The number of aryl methyl sites for hydroxylation is 2. The molecule has 0 aromatic heterocycles. The first-order chi connectivity index (χ1) is 15.9. The number of ether oxygens (including phenoxy) is 2. The van der Waals surface area contributed by atoms with Gasteiger partial charge in [-0.15, -0.1) is 0 Å². The summed E-state index contributed by atoms with van der Waals surface area (Å²) in [5.41, 5.74) is 5.05. The molecule has 4 rings (SSSR count). The third-order valence-electron chi connectivity index (χ3n) is 5.14. The van der Waals surface area contributed by atoms with Crippen LogP contribution < -0.4 is 14.5 Å². The lowest BCUT2D eigenvalue weighted by atomic mass is 10.1. The number of benzene rings is 3. The third-order valence-corrected chi connectivity index (χ3v) is 5.63. The number of anilines is 1. The Morgan fingerprint density at radius 2 is 1.61 bits per heavy atom. The molecule has 5 nitrogen and oxygen atoms in total. The van der Waals surface area contributed by atoms with Gasteiger partial charge in [-0.05, 0) is 80.4 Å². The van der Waals surface area contributed by atoms with Crippen LogP contribution in [0.4, 0.5) is 5.69 Å². The summed E-state index contributed by atoms with van der Waals surface area (Å²) in [4.78, 5) is 13.1. The van der Waals surface area contributed by atoms with Crippen molar-refractivity contribution in [1.82, 2.24) is 0 Å². The number of nitrogens with zero attached hydrogens (tertiary/aromatic N) is 2. The number of halogens is 1. The summed E-state index contributed by atoms with van der Waals surface area (Å²) in [6, 6.07) is 21.3. The molecule has 3 aromatic rings. The molecular weight excluding hydrogens is 480 g/mol. The van der Waals surface area contributed by atoms with Crippen molar-refractivity contribution >= 4 is 39.3 Å². The smallest absolute Gasteiger partial charge is 0.280 e. The van der Waals surface area contributed by atoms with E-state index in [0.29, 0.717) is 30.2 Å². The highest BCUT2D eigenvalue weighted by molar-refractivity contribution is 9.10. The Morgan fingerprint density at radius 1 is 0.909 bits per heavy atom. The topological polar surface area (TPSA) is 51.1 Å². The van der Waals surface area contributed by atoms with Crippen LogP contribution in [0.1, 0.15) is 23.6 Å². The zero-order valence-corrected chi connectivity index (χ0v) is 20.4. The fourth-order valence-electron chi connectivity index (χ4n) is 3.67. The Bertz CT molecular complexity index is 1220. The first kappa shape index (κ1) is 22.8. The van der Waals surface area contributed by atoms with Crippen molar-refractivity contribution in [2.75, 3.05) is 18.2 Å². The van der Waals surface area contributed by atoms with E-state index in [9.17, 15) is 4.79 Å². The second-order valence-electron chi connectivity index (χ2n) is 7.90. The molecule has 1 aliphatic rings. The van der Waals surface area contributed by atoms with Crippen LogP contribution in [0.5, 0.6) is 11.5 Å². The molecular formula is C27H25BrN2O3. The van der Waals surface area contributed by atoms with Crippen LogP contribution in [0.2, 0.25) is 0 Å². The fraction of sp³-hybridized carbons (Fsp3) is 0.185. The first-order valence-electron chi connectivity index (χ1n) is 10.7. The summed E-state index contributed by atoms with van der Waals surface area (Å²) in [5, 5.41) is 5.88. The molecule has 1 heterocycles. The maximum absolute atomic E-state index is 13.1. The van der Waals surface area contributed by atoms with Gasteiger partial charge in [-0.1, -0.05) is 40.2 Å². The molecule has 0 saturated carbocycles. The summed E-state index contributed by atoms with van der Waals surface area (Å²) in [6.45, 7) is 6.72. The summed E-state index contributed by atoms with van der Waals surface area (Å²) in [6.07, 6.45) is 1.83. The zero-order valence-electron chi connectivity index (χ0n) is 18.8. The highest BCUT2D eigenvalue weighted by Gasteiger charge is 2.28. The van der Waals surface area contributed by atoms with Gasteiger partial charge in [-0.3, -0.25) is 4.79 Å². The molecule has 0 radical (unpaired) electrons. The van der Waals surface area contributed by atoms with E-state index in [1.807, 2.05) is 87.5 Å². The van der Waals surface area contributed by atoms with Gasteiger partial charge in [0.2, 0.25) is 0 Å². The minimum atomic E-state index is -0.164. The molecule has 1 amide bonds. The standard InChI is InChI=1S/C27H25BrN2O3/c1-18-13-19(2)15-24(14-18)32-11-12-33-26-10-9-22(28)16-21(26)17-25-20(3)29-30(27(25)31)23-7-5-4-6-8-23/h4-10,13-17H,11-12H2,1-3H3.